The molecule has 0 radical (unpaired) electrons. The molecule has 0 bridgehead atoms. The van der Waals surface area contributed by atoms with E-state index in [1.54, 1.807) is 0 Å². The summed E-state index contributed by atoms with van der Waals surface area (Å²) in [6, 6.07) is 19.9. The van der Waals surface area contributed by atoms with Crippen LogP contribution in [0, 0.1) is 5.41 Å². The maximum Gasteiger partial charge on any atom is 0.234 e. The Kier molecular flexibility index (Phi) is 4.73. The summed E-state index contributed by atoms with van der Waals surface area (Å²) in [7, 11) is 1.88. The van der Waals surface area contributed by atoms with Crippen LogP contribution in [0.15, 0.2) is 60.7 Å². The molecular weight excluding hydrogens is 336 g/mol. The van der Waals surface area contributed by atoms with E-state index in [1.165, 1.54) is 0 Å². The average Bonchev–Trinajstić information content (AvgIpc) is 3.13. The van der Waals surface area contributed by atoms with Gasteiger partial charge in [0.1, 0.15) is 0 Å². The number of carbonyl (C=O) groups excluding carboxylic acids is 2. The predicted octanol–water partition coefficient (Wildman–Crippen LogP) is 3.29. The molecule has 4 rings (SSSR count). The number of piperidine rings is 1. The lowest BCUT2D eigenvalue weighted by Gasteiger charge is -2.37. The summed E-state index contributed by atoms with van der Waals surface area (Å²) in [6.07, 6.45) is 2.69. The highest BCUT2D eigenvalue weighted by atomic mass is 16.2. The fourth-order valence-corrected chi connectivity index (χ4v) is 4.66. The van der Waals surface area contributed by atoms with E-state index in [-0.39, 0.29) is 23.1 Å². The smallest absolute Gasteiger partial charge is 0.234 e. The summed E-state index contributed by atoms with van der Waals surface area (Å²) < 4.78 is 0. The Morgan fingerprint density at radius 3 is 2.11 bits per heavy atom. The van der Waals surface area contributed by atoms with Gasteiger partial charge in [0.2, 0.25) is 11.8 Å². The molecule has 4 heteroatoms. The molecule has 2 aliphatic rings. The molecule has 4 nitrogen and oxygen atoms in total. The Balaban J connectivity index is 1.62. The van der Waals surface area contributed by atoms with Gasteiger partial charge in [-0.2, -0.15) is 0 Å². The number of likely N-dealkylation sites (tertiary alicyclic amines) is 2. The summed E-state index contributed by atoms with van der Waals surface area (Å²) in [4.78, 5) is 30.1. The normalized spacial score (nSPS) is 22.7. The summed E-state index contributed by atoms with van der Waals surface area (Å²) in [5.74, 6) is -0.00991. The maximum absolute atomic E-state index is 13.6. The van der Waals surface area contributed by atoms with E-state index in [0.29, 0.717) is 13.1 Å². The van der Waals surface area contributed by atoms with Gasteiger partial charge in [-0.05, 0) is 30.4 Å². The highest BCUT2D eigenvalue weighted by Gasteiger charge is 2.49. The summed E-state index contributed by atoms with van der Waals surface area (Å²) in [6.45, 7) is 2.03. The third kappa shape index (κ3) is 3.25. The van der Waals surface area contributed by atoms with Crippen molar-refractivity contribution in [2.75, 3.05) is 26.7 Å². The fourth-order valence-electron chi connectivity index (χ4n) is 4.66. The molecule has 2 amide bonds. The molecule has 2 saturated heterocycles. The lowest BCUT2D eigenvalue weighted by Crippen LogP contribution is -2.49. The van der Waals surface area contributed by atoms with Gasteiger partial charge in [-0.1, -0.05) is 60.7 Å². The number of hydrogen-bond acceptors (Lipinski definition) is 2. The van der Waals surface area contributed by atoms with E-state index in [4.69, 9.17) is 0 Å². The zero-order chi connectivity index (χ0) is 18.9. The zero-order valence-corrected chi connectivity index (χ0v) is 15.8. The van der Waals surface area contributed by atoms with Crippen LogP contribution < -0.4 is 0 Å². The van der Waals surface area contributed by atoms with E-state index < -0.39 is 0 Å². The zero-order valence-electron chi connectivity index (χ0n) is 15.8. The second-order valence-electron chi connectivity index (χ2n) is 7.87. The number of hydrogen-bond donors (Lipinski definition) is 0. The van der Waals surface area contributed by atoms with Gasteiger partial charge in [0.25, 0.3) is 0 Å². The van der Waals surface area contributed by atoms with Gasteiger partial charge in [0.15, 0.2) is 0 Å². The first-order valence-electron chi connectivity index (χ1n) is 9.75. The Morgan fingerprint density at radius 1 is 0.926 bits per heavy atom. The minimum atomic E-state index is -0.374. The molecule has 2 aromatic rings. The van der Waals surface area contributed by atoms with Crippen molar-refractivity contribution in [2.45, 2.75) is 25.2 Å². The first kappa shape index (κ1) is 17.8. The molecular formula is C23H26N2O2. The quantitative estimate of drug-likeness (QED) is 0.841. The van der Waals surface area contributed by atoms with Gasteiger partial charge in [-0.15, -0.1) is 0 Å². The lowest BCUT2D eigenvalue weighted by atomic mass is 9.78. The third-order valence-electron chi connectivity index (χ3n) is 6.13. The molecule has 1 atom stereocenters. The first-order chi connectivity index (χ1) is 13.1. The Morgan fingerprint density at radius 2 is 1.52 bits per heavy atom. The SMILES string of the molecule is CN1CCC[C@@]2(CCN(C(=O)C(c3ccccc3)c3ccccc3)C2)C1=O. The van der Waals surface area contributed by atoms with Crippen molar-refractivity contribution >= 4 is 11.8 Å². The predicted molar refractivity (Wildman–Crippen MR) is 105 cm³/mol. The van der Waals surface area contributed by atoms with E-state index in [9.17, 15) is 9.59 Å². The molecule has 0 N–H and O–H groups in total. The number of carbonyl (C=O) groups is 2. The molecule has 2 aromatic carbocycles. The maximum atomic E-state index is 13.6. The second-order valence-corrected chi connectivity index (χ2v) is 7.87. The summed E-state index contributed by atoms with van der Waals surface area (Å²) >= 11 is 0. The van der Waals surface area contributed by atoms with Crippen molar-refractivity contribution in [3.8, 4) is 0 Å². The lowest BCUT2D eigenvalue weighted by molar-refractivity contribution is -0.144. The molecule has 0 aliphatic carbocycles. The Bertz CT molecular complexity index is 781. The van der Waals surface area contributed by atoms with Crippen LogP contribution in [0.3, 0.4) is 0 Å². The second kappa shape index (κ2) is 7.18. The van der Waals surface area contributed by atoms with Gasteiger partial charge < -0.3 is 9.80 Å². The molecule has 2 fully saturated rings. The molecule has 2 heterocycles. The van der Waals surface area contributed by atoms with Crippen LogP contribution in [0.2, 0.25) is 0 Å². The Hall–Kier alpha value is -2.62. The van der Waals surface area contributed by atoms with E-state index in [1.807, 2.05) is 77.5 Å². The molecule has 140 valence electrons. The minimum absolute atomic E-state index is 0.102. The van der Waals surface area contributed by atoms with Crippen LogP contribution in [0.25, 0.3) is 0 Å². The van der Waals surface area contributed by atoms with Crippen LogP contribution in [-0.4, -0.2) is 48.3 Å². The molecule has 1 spiro atoms. The molecule has 0 saturated carbocycles. The largest absolute Gasteiger partial charge is 0.345 e. The Labute approximate surface area is 160 Å². The van der Waals surface area contributed by atoms with Gasteiger partial charge in [-0.25, -0.2) is 0 Å². The van der Waals surface area contributed by atoms with Crippen molar-refractivity contribution < 1.29 is 9.59 Å². The first-order valence-corrected chi connectivity index (χ1v) is 9.75. The van der Waals surface area contributed by atoms with Gasteiger partial charge in [0.05, 0.1) is 11.3 Å². The van der Waals surface area contributed by atoms with Crippen molar-refractivity contribution in [2.24, 2.45) is 5.41 Å². The third-order valence-corrected chi connectivity index (χ3v) is 6.13. The van der Waals surface area contributed by atoms with Gasteiger partial charge >= 0.3 is 0 Å². The summed E-state index contributed by atoms with van der Waals surface area (Å²) in [5.41, 5.74) is 1.63. The van der Waals surface area contributed by atoms with Crippen molar-refractivity contribution in [3.63, 3.8) is 0 Å². The average molecular weight is 362 g/mol. The van der Waals surface area contributed by atoms with Gasteiger partial charge in [-0.3, -0.25) is 9.59 Å². The molecule has 2 aliphatic heterocycles. The number of rotatable bonds is 3. The highest BCUT2D eigenvalue weighted by molar-refractivity contribution is 5.90. The van der Waals surface area contributed by atoms with E-state index in [2.05, 4.69) is 0 Å². The number of amides is 2. The monoisotopic (exact) mass is 362 g/mol. The highest BCUT2D eigenvalue weighted by Crippen LogP contribution is 2.41. The van der Waals surface area contributed by atoms with Crippen molar-refractivity contribution in [1.29, 1.82) is 0 Å². The number of benzene rings is 2. The van der Waals surface area contributed by atoms with E-state index >= 15 is 0 Å². The fraction of sp³-hybridized carbons (Fsp3) is 0.391. The van der Waals surface area contributed by atoms with Crippen molar-refractivity contribution in [3.05, 3.63) is 71.8 Å². The van der Waals surface area contributed by atoms with Gasteiger partial charge in [0, 0.05) is 26.7 Å². The van der Waals surface area contributed by atoms with Crippen LogP contribution in [0.1, 0.15) is 36.3 Å². The molecule has 27 heavy (non-hydrogen) atoms. The van der Waals surface area contributed by atoms with Crippen LogP contribution in [0.5, 0.6) is 0 Å². The molecule has 0 unspecified atom stereocenters. The molecule has 0 aromatic heterocycles. The standard InChI is InChI=1S/C23H26N2O2/c1-24-15-8-13-23(22(24)27)14-16-25(17-23)21(26)20(18-9-4-2-5-10-18)19-11-6-3-7-12-19/h2-7,9-12,20H,8,13-17H2,1H3/t23-/m0/s1. The van der Waals surface area contributed by atoms with Crippen molar-refractivity contribution in [1.82, 2.24) is 9.80 Å². The van der Waals surface area contributed by atoms with Crippen LogP contribution in [-0.2, 0) is 9.59 Å². The van der Waals surface area contributed by atoms with Crippen LogP contribution >= 0.6 is 0 Å². The topological polar surface area (TPSA) is 40.6 Å². The van der Waals surface area contributed by atoms with E-state index in [0.717, 1.165) is 36.9 Å². The van der Waals surface area contributed by atoms with Crippen LogP contribution in [0.4, 0.5) is 0 Å². The summed E-state index contributed by atoms with van der Waals surface area (Å²) in [5, 5.41) is 0. The number of nitrogens with zero attached hydrogens (tertiary/aromatic N) is 2. The minimum Gasteiger partial charge on any atom is -0.345 e.